The number of nitrogens with one attached hydrogen (secondary N) is 1. The number of carbonyl (C=O) groups excluding carboxylic acids is 1. The Kier molecular flexibility index (Phi) is 2.76. The van der Waals surface area contributed by atoms with E-state index in [0.717, 1.165) is 19.3 Å². The van der Waals surface area contributed by atoms with Crippen LogP contribution in [0.3, 0.4) is 0 Å². The molecule has 1 aliphatic carbocycles. The summed E-state index contributed by atoms with van der Waals surface area (Å²) in [5.74, 6) is 0.880. The van der Waals surface area contributed by atoms with Gasteiger partial charge in [0.25, 0.3) is 0 Å². The molecule has 0 atom stereocenters. The maximum Gasteiger partial charge on any atom is 0.225 e. The minimum Gasteiger partial charge on any atom is -0.359 e. The highest BCUT2D eigenvalue weighted by molar-refractivity contribution is 5.83. The summed E-state index contributed by atoms with van der Waals surface area (Å²) >= 11 is 0. The second-order valence-electron chi connectivity index (χ2n) is 4.31. The van der Waals surface area contributed by atoms with Crippen molar-refractivity contribution in [2.75, 3.05) is 7.05 Å². The molecule has 70 valence electrons. The van der Waals surface area contributed by atoms with Crippen LogP contribution in [0, 0.1) is 11.3 Å². The lowest BCUT2D eigenvalue weighted by Crippen LogP contribution is -2.45. The molecule has 0 unspecified atom stereocenters. The minimum atomic E-state index is 0.00289. The summed E-state index contributed by atoms with van der Waals surface area (Å²) in [4.78, 5) is 11.5. The molecule has 0 bridgehead atoms. The molecule has 1 saturated carbocycles. The Bertz CT molecular complexity index is 171. The normalized spacial score (nSPS) is 20.3. The zero-order valence-electron chi connectivity index (χ0n) is 8.31. The van der Waals surface area contributed by atoms with Crippen molar-refractivity contribution in [2.45, 2.75) is 39.5 Å². The Morgan fingerprint density at radius 3 is 2.33 bits per heavy atom. The molecule has 0 aliphatic heterocycles. The van der Waals surface area contributed by atoms with Gasteiger partial charge in [0.05, 0.1) is 0 Å². The van der Waals surface area contributed by atoms with Gasteiger partial charge in [0.1, 0.15) is 0 Å². The van der Waals surface area contributed by atoms with Crippen LogP contribution in [0.4, 0.5) is 0 Å². The highest BCUT2D eigenvalue weighted by atomic mass is 16.2. The number of hydrogen-bond donors (Lipinski definition) is 1. The van der Waals surface area contributed by atoms with E-state index in [4.69, 9.17) is 0 Å². The van der Waals surface area contributed by atoms with Gasteiger partial charge in [0, 0.05) is 12.5 Å². The van der Waals surface area contributed by atoms with Crippen molar-refractivity contribution in [1.82, 2.24) is 5.32 Å². The highest BCUT2D eigenvalue weighted by Crippen LogP contribution is 2.45. The molecule has 0 aromatic heterocycles. The molecule has 12 heavy (non-hydrogen) atoms. The van der Waals surface area contributed by atoms with Gasteiger partial charge in [-0.1, -0.05) is 20.3 Å². The third-order valence-corrected chi connectivity index (χ3v) is 2.82. The van der Waals surface area contributed by atoms with Crippen LogP contribution < -0.4 is 5.32 Å². The van der Waals surface area contributed by atoms with Crippen LogP contribution in [-0.4, -0.2) is 13.0 Å². The maximum absolute atomic E-state index is 11.5. The summed E-state index contributed by atoms with van der Waals surface area (Å²) in [6, 6.07) is 0. The predicted octanol–water partition coefficient (Wildman–Crippen LogP) is 1.95. The van der Waals surface area contributed by atoms with Crippen molar-refractivity contribution >= 4 is 5.91 Å². The number of rotatable bonds is 3. The first-order chi connectivity index (χ1) is 5.60. The van der Waals surface area contributed by atoms with Gasteiger partial charge in [-0.25, -0.2) is 0 Å². The van der Waals surface area contributed by atoms with Crippen LogP contribution in [0.5, 0.6) is 0 Å². The van der Waals surface area contributed by atoms with Gasteiger partial charge < -0.3 is 5.32 Å². The third kappa shape index (κ3) is 1.62. The molecule has 0 heterocycles. The first-order valence-corrected chi connectivity index (χ1v) is 4.83. The highest BCUT2D eigenvalue weighted by Gasteiger charge is 2.43. The second kappa shape index (κ2) is 3.46. The summed E-state index contributed by atoms with van der Waals surface area (Å²) in [5.41, 5.74) is 0.00289. The van der Waals surface area contributed by atoms with Gasteiger partial charge in [-0.3, -0.25) is 4.79 Å². The van der Waals surface area contributed by atoms with Gasteiger partial charge in [0.2, 0.25) is 5.91 Å². The van der Waals surface area contributed by atoms with Crippen LogP contribution in [0.1, 0.15) is 39.5 Å². The third-order valence-electron chi connectivity index (χ3n) is 2.82. The monoisotopic (exact) mass is 169 g/mol. The molecule has 0 aromatic rings. The maximum atomic E-state index is 11.5. The van der Waals surface area contributed by atoms with E-state index in [1.54, 1.807) is 7.05 Å². The van der Waals surface area contributed by atoms with E-state index in [1.807, 2.05) is 0 Å². The van der Waals surface area contributed by atoms with Crippen LogP contribution in [0.2, 0.25) is 0 Å². The Morgan fingerprint density at radius 2 is 2.08 bits per heavy atom. The molecule has 1 amide bonds. The first kappa shape index (κ1) is 9.56. The smallest absolute Gasteiger partial charge is 0.225 e. The van der Waals surface area contributed by atoms with Gasteiger partial charge in [-0.05, 0) is 25.2 Å². The summed E-state index contributed by atoms with van der Waals surface area (Å²) < 4.78 is 0. The van der Waals surface area contributed by atoms with Gasteiger partial charge in [-0.2, -0.15) is 0 Å². The molecule has 2 nitrogen and oxygen atoms in total. The standard InChI is InChI=1S/C10H19NO/c1-8(2)7-10(5-4-6-10)9(12)11-3/h8H,4-7H2,1-3H3,(H,11,12). The van der Waals surface area contributed by atoms with E-state index in [1.165, 1.54) is 6.42 Å². The molecule has 1 rings (SSSR count). The molecule has 1 N–H and O–H groups in total. The van der Waals surface area contributed by atoms with Crippen LogP contribution in [0.15, 0.2) is 0 Å². The second-order valence-corrected chi connectivity index (χ2v) is 4.31. The van der Waals surface area contributed by atoms with Crippen molar-refractivity contribution in [1.29, 1.82) is 0 Å². The van der Waals surface area contributed by atoms with E-state index in [9.17, 15) is 4.79 Å². The Balaban J connectivity index is 2.56. The quantitative estimate of drug-likeness (QED) is 0.687. The van der Waals surface area contributed by atoms with E-state index < -0.39 is 0 Å². The van der Waals surface area contributed by atoms with Crippen molar-refractivity contribution in [3.63, 3.8) is 0 Å². The summed E-state index contributed by atoms with van der Waals surface area (Å²) in [6.45, 7) is 4.37. The van der Waals surface area contributed by atoms with Gasteiger partial charge in [-0.15, -0.1) is 0 Å². The van der Waals surface area contributed by atoms with Gasteiger partial charge in [0.15, 0.2) is 0 Å². The average molecular weight is 169 g/mol. The first-order valence-electron chi connectivity index (χ1n) is 4.83. The molecule has 0 aromatic carbocycles. The van der Waals surface area contributed by atoms with Crippen molar-refractivity contribution in [3.05, 3.63) is 0 Å². The molecule has 1 fully saturated rings. The molecule has 2 heteroatoms. The molecule has 1 aliphatic rings. The zero-order valence-corrected chi connectivity index (χ0v) is 8.31. The Morgan fingerprint density at radius 1 is 1.50 bits per heavy atom. The summed E-state index contributed by atoms with van der Waals surface area (Å²) in [6.07, 6.45) is 4.45. The average Bonchev–Trinajstić information content (AvgIpc) is 1.95. The molecular weight excluding hydrogens is 150 g/mol. The topological polar surface area (TPSA) is 29.1 Å². The zero-order chi connectivity index (χ0) is 9.19. The van der Waals surface area contributed by atoms with E-state index in [2.05, 4.69) is 19.2 Å². The molecule has 0 spiro atoms. The van der Waals surface area contributed by atoms with Crippen LogP contribution in [0.25, 0.3) is 0 Å². The SMILES string of the molecule is CNC(=O)C1(CC(C)C)CCC1. The summed E-state index contributed by atoms with van der Waals surface area (Å²) in [7, 11) is 1.74. The van der Waals surface area contributed by atoms with Crippen molar-refractivity contribution in [2.24, 2.45) is 11.3 Å². The fraction of sp³-hybridized carbons (Fsp3) is 0.900. The van der Waals surface area contributed by atoms with Crippen molar-refractivity contribution in [3.8, 4) is 0 Å². The fourth-order valence-corrected chi connectivity index (χ4v) is 2.17. The largest absolute Gasteiger partial charge is 0.359 e. The van der Waals surface area contributed by atoms with Crippen molar-refractivity contribution < 1.29 is 4.79 Å². The fourth-order valence-electron chi connectivity index (χ4n) is 2.17. The van der Waals surface area contributed by atoms with Gasteiger partial charge >= 0.3 is 0 Å². The number of amides is 1. The minimum absolute atomic E-state index is 0.00289. The molecule has 0 radical (unpaired) electrons. The van der Waals surface area contributed by atoms with E-state index in [-0.39, 0.29) is 11.3 Å². The Labute approximate surface area is 74.7 Å². The molecular formula is C10H19NO. The van der Waals surface area contributed by atoms with Crippen LogP contribution >= 0.6 is 0 Å². The Hall–Kier alpha value is -0.530. The number of hydrogen-bond acceptors (Lipinski definition) is 1. The lowest BCUT2D eigenvalue weighted by Gasteiger charge is -2.41. The summed E-state index contributed by atoms with van der Waals surface area (Å²) in [5, 5.41) is 2.77. The molecule has 0 saturated heterocycles. The van der Waals surface area contributed by atoms with E-state index >= 15 is 0 Å². The van der Waals surface area contributed by atoms with Crippen LogP contribution in [-0.2, 0) is 4.79 Å². The lowest BCUT2D eigenvalue weighted by molar-refractivity contribution is -0.136. The van der Waals surface area contributed by atoms with E-state index in [0.29, 0.717) is 5.92 Å². The lowest BCUT2D eigenvalue weighted by atomic mass is 9.64. The predicted molar refractivity (Wildman–Crippen MR) is 49.8 cm³/mol. The number of carbonyl (C=O) groups is 1.